The third-order valence-corrected chi connectivity index (χ3v) is 2.24. The van der Waals surface area contributed by atoms with Crippen molar-refractivity contribution < 1.29 is 48.5 Å². The Hall–Kier alpha value is -0.690. The second-order valence-corrected chi connectivity index (χ2v) is 4.47. The molecule has 0 atom stereocenters. The predicted molar refractivity (Wildman–Crippen MR) is 73.1 cm³/mol. The Balaban J connectivity index is 0. The van der Waals surface area contributed by atoms with Gasteiger partial charge in [0.05, 0.1) is 0 Å². The van der Waals surface area contributed by atoms with Crippen molar-refractivity contribution in [3.8, 4) is 0 Å². The molecule has 0 heterocycles. The van der Waals surface area contributed by atoms with E-state index in [-0.39, 0.29) is 31.0 Å². The fourth-order valence-corrected chi connectivity index (χ4v) is 1.63. The van der Waals surface area contributed by atoms with Crippen molar-refractivity contribution in [2.75, 3.05) is 0 Å². The van der Waals surface area contributed by atoms with Crippen molar-refractivity contribution in [2.24, 2.45) is 0 Å². The van der Waals surface area contributed by atoms with E-state index in [4.69, 9.17) is 17.5 Å². The molecule has 0 aliphatic rings. The Morgan fingerprint density at radius 2 is 1.63 bits per heavy atom. The summed E-state index contributed by atoms with van der Waals surface area (Å²) < 4.78 is 31.6. The SMILES string of the molecule is C=CCc1cccc2ccccc12.O=S(=O)(O)O.[H-].[Na+]. The number of fused-ring (bicyclic) bond motifs is 1. The second kappa shape index (κ2) is 8.47. The third kappa shape index (κ3) is 7.47. The summed E-state index contributed by atoms with van der Waals surface area (Å²) >= 11 is 0. The van der Waals surface area contributed by atoms with Gasteiger partial charge in [0.25, 0.3) is 0 Å². The molecule has 2 N–H and O–H groups in total. The molecular formula is C13H15NaO4S. The molecule has 0 saturated carbocycles. The van der Waals surface area contributed by atoms with Gasteiger partial charge in [0.1, 0.15) is 0 Å². The zero-order valence-electron chi connectivity index (χ0n) is 11.7. The van der Waals surface area contributed by atoms with Gasteiger partial charge in [-0.2, -0.15) is 8.42 Å². The maximum absolute atomic E-state index is 8.74. The molecule has 0 spiro atoms. The Bertz CT molecular complexity index is 630. The largest absolute Gasteiger partial charge is 1.00 e. The molecule has 6 heteroatoms. The van der Waals surface area contributed by atoms with Crippen LogP contribution in [0.4, 0.5) is 0 Å². The number of benzene rings is 2. The minimum absolute atomic E-state index is 0. The van der Waals surface area contributed by atoms with Crippen molar-refractivity contribution in [2.45, 2.75) is 6.42 Å². The molecule has 0 unspecified atom stereocenters. The monoisotopic (exact) mass is 290 g/mol. The Kier molecular flexibility index (Phi) is 8.17. The van der Waals surface area contributed by atoms with E-state index >= 15 is 0 Å². The first-order valence-corrected chi connectivity index (χ1v) is 6.59. The molecule has 98 valence electrons. The zero-order chi connectivity index (χ0) is 13.6. The van der Waals surface area contributed by atoms with Gasteiger partial charge in [0.2, 0.25) is 0 Å². The second-order valence-electron chi connectivity index (χ2n) is 3.58. The summed E-state index contributed by atoms with van der Waals surface area (Å²) in [7, 11) is -4.67. The standard InChI is InChI=1S/C13H12.Na.H2O4S.H/c1-2-6-11-8-5-9-12-7-3-4-10-13(11)12;;1-5(2,3)4;/h2-5,7-10H,1,6H2;;(H2,1,2,3,4);/q;+1;;-1. The van der Waals surface area contributed by atoms with Gasteiger partial charge in [0, 0.05) is 0 Å². The number of hydrogen-bond donors (Lipinski definition) is 2. The van der Waals surface area contributed by atoms with Crippen LogP contribution in [0.15, 0.2) is 55.1 Å². The van der Waals surface area contributed by atoms with Crippen LogP contribution in [0.5, 0.6) is 0 Å². The van der Waals surface area contributed by atoms with Crippen LogP contribution in [0.2, 0.25) is 0 Å². The van der Waals surface area contributed by atoms with Crippen LogP contribution in [0.3, 0.4) is 0 Å². The number of rotatable bonds is 2. The number of allylic oxidation sites excluding steroid dienone is 1. The number of hydrogen-bond acceptors (Lipinski definition) is 2. The minimum atomic E-state index is -4.67. The normalized spacial score (nSPS) is 10.0. The van der Waals surface area contributed by atoms with Gasteiger partial charge in [0.15, 0.2) is 0 Å². The fourth-order valence-electron chi connectivity index (χ4n) is 1.63. The summed E-state index contributed by atoms with van der Waals surface area (Å²) in [6, 6.07) is 14.8. The van der Waals surface area contributed by atoms with Gasteiger partial charge in [-0.15, -0.1) is 6.58 Å². The van der Waals surface area contributed by atoms with Crippen LogP contribution >= 0.6 is 0 Å². The molecule has 2 aromatic carbocycles. The van der Waals surface area contributed by atoms with Crippen molar-refractivity contribution in [1.82, 2.24) is 0 Å². The van der Waals surface area contributed by atoms with E-state index in [1.54, 1.807) is 0 Å². The summed E-state index contributed by atoms with van der Waals surface area (Å²) in [4.78, 5) is 0. The van der Waals surface area contributed by atoms with Gasteiger partial charge >= 0.3 is 40.0 Å². The summed E-state index contributed by atoms with van der Waals surface area (Å²) in [6.07, 6.45) is 2.89. The minimum Gasteiger partial charge on any atom is -1.00 e. The van der Waals surface area contributed by atoms with Crippen LogP contribution in [0, 0.1) is 0 Å². The van der Waals surface area contributed by atoms with Gasteiger partial charge in [-0.05, 0) is 22.8 Å². The molecule has 0 aliphatic heterocycles. The predicted octanol–water partition coefficient (Wildman–Crippen LogP) is 0.0320. The topological polar surface area (TPSA) is 74.6 Å². The smallest absolute Gasteiger partial charge is 1.00 e. The van der Waals surface area contributed by atoms with Crippen LogP contribution in [0.1, 0.15) is 6.99 Å². The third-order valence-electron chi connectivity index (χ3n) is 2.24. The van der Waals surface area contributed by atoms with E-state index in [9.17, 15) is 0 Å². The van der Waals surface area contributed by atoms with Crippen LogP contribution < -0.4 is 29.6 Å². The molecule has 0 bridgehead atoms. The van der Waals surface area contributed by atoms with Gasteiger partial charge < -0.3 is 1.43 Å². The molecule has 0 aliphatic carbocycles. The summed E-state index contributed by atoms with van der Waals surface area (Å²) in [5.41, 5.74) is 1.35. The van der Waals surface area contributed by atoms with E-state index in [0.29, 0.717) is 0 Å². The molecule has 0 amide bonds. The van der Waals surface area contributed by atoms with Crippen molar-refractivity contribution in [1.29, 1.82) is 0 Å². The Labute approximate surface area is 136 Å². The van der Waals surface area contributed by atoms with E-state index in [1.807, 2.05) is 6.08 Å². The average Bonchev–Trinajstić information content (AvgIpc) is 2.28. The summed E-state index contributed by atoms with van der Waals surface area (Å²) in [5.74, 6) is 0. The molecule has 0 aromatic heterocycles. The van der Waals surface area contributed by atoms with E-state index in [2.05, 4.69) is 49.0 Å². The molecule has 0 radical (unpaired) electrons. The first-order chi connectivity index (χ1) is 8.42. The summed E-state index contributed by atoms with van der Waals surface area (Å²) in [5, 5.41) is 2.65. The van der Waals surface area contributed by atoms with E-state index < -0.39 is 10.4 Å². The molecule has 2 aromatic rings. The maximum atomic E-state index is 8.74. The van der Waals surface area contributed by atoms with Gasteiger partial charge in [-0.3, -0.25) is 9.11 Å². The van der Waals surface area contributed by atoms with Crippen LogP contribution in [-0.2, 0) is 16.8 Å². The quantitative estimate of drug-likeness (QED) is 0.465. The zero-order valence-corrected chi connectivity index (χ0v) is 13.5. The van der Waals surface area contributed by atoms with Crippen LogP contribution in [0.25, 0.3) is 10.8 Å². The van der Waals surface area contributed by atoms with E-state index in [1.165, 1.54) is 16.3 Å². The molecule has 4 nitrogen and oxygen atoms in total. The van der Waals surface area contributed by atoms with Crippen molar-refractivity contribution >= 4 is 21.2 Å². The Morgan fingerprint density at radius 1 is 1.11 bits per heavy atom. The van der Waals surface area contributed by atoms with Crippen LogP contribution in [-0.4, -0.2) is 17.5 Å². The Morgan fingerprint density at radius 3 is 2.21 bits per heavy atom. The molecule has 0 saturated heterocycles. The average molecular weight is 290 g/mol. The van der Waals surface area contributed by atoms with Crippen molar-refractivity contribution in [3.63, 3.8) is 0 Å². The van der Waals surface area contributed by atoms with Crippen molar-refractivity contribution in [3.05, 3.63) is 60.7 Å². The fraction of sp³-hybridized carbons (Fsp3) is 0.0769. The van der Waals surface area contributed by atoms with Gasteiger partial charge in [-0.1, -0.05) is 48.5 Å². The first-order valence-electron chi connectivity index (χ1n) is 5.19. The summed E-state index contributed by atoms with van der Waals surface area (Å²) in [6.45, 7) is 3.76. The van der Waals surface area contributed by atoms with E-state index in [0.717, 1.165) is 6.42 Å². The molecule has 0 fully saturated rings. The first kappa shape index (κ1) is 18.3. The molecule has 2 rings (SSSR count). The maximum Gasteiger partial charge on any atom is 1.00 e. The molecular weight excluding hydrogens is 275 g/mol. The van der Waals surface area contributed by atoms with Gasteiger partial charge in [-0.25, -0.2) is 0 Å². The molecule has 19 heavy (non-hydrogen) atoms.